The maximum atomic E-state index is 11.0. The molecule has 1 aromatic carbocycles. The van der Waals surface area contributed by atoms with E-state index in [4.69, 9.17) is 9.73 Å². The Bertz CT molecular complexity index is 465. The minimum Gasteiger partial charge on any atom is -0.355 e. The lowest BCUT2D eigenvalue weighted by atomic mass is 10.2. The van der Waals surface area contributed by atoms with Gasteiger partial charge in [0.15, 0.2) is 11.5 Å². The largest absolute Gasteiger partial charge is 0.355 e. The van der Waals surface area contributed by atoms with E-state index in [-0.39, 0.29) is 5.69 Å². The van der Waals surface area contributed by atoms with Crippen LogP contribution in [0.4, 0.5) is 0 Å². The van der Waals surface area contributed by atoms with Crippen LogP contribution in [0, 0.1) is 0 Å². The first-order valence-electron chi connectivity index (χ1n) is 4.28. The van der Waals surface area contributed by atoms with Gasteiger partial charge in [-0.15, -0.1) is 0 Å². The molecule has 0 aliphatic carbocycles. The van der Waals surface area contributed by atoms with Crippen LogP contribution < -0.4 is 5.48 Å². The number of benzene rings is 1. The normalized spacial score (nSPS) is 9.93. The monoisotopic (exact) mass is 204 g/mol. The topological polar surface area (TPSA) is 75.4 Å². The summed E-state index contributed by atoms with van der Waals surface area (Å²) in [5.41, 5.74) is 2.34. The second-order valence-corrected chi connectivity index (χ2v) is 2.88. The maximum Gasteiger partial charge on any atom is 0.296 e. The number of nitrogens with zero attached hydrogens (tertiary/aromatic N) is 1. The smallest absolute Gasteiger partial charge is 0.296 e. The molecule has 2 N–H and O–H groups in total. The number of hydroxylamine groups is 1. The van der Waals surface area contributed by atoms with E-state index in [1.165, 1.54) is 11.5 Å². The molecule has 76 valence electrons. The summed E-state index contributed by atoms with van der Waals surface area (Å²) >= 11 is 0. The van der Waals surface area contributed by atoms with Crippen molar-refractivity contribution in [3.05, 3.63) is 42.1 Å². The summed E-state index contributed by atoms with van der Waals surface area (Å²) in [4.78, 5) is 11.0. The van der Waals surface area contributed by atoms with Gasteiger partial charge in [-0.1, -0.05) is 35.5 Å². The van der Waals surface area contributed by atoms with Gasteiger partial charge >= 0.3 is 0 Å². The van der Waals surface area contributed by atoms with Crippen LogP contribution in [-0.4, -0.2) is 16.3 Å². The van der Waals surface area contributed by atoms with Crippen LogP contribution in [0.5, 0.6) is 0 Å². The highest BCUT2D eigenvalue weighted by Gasteiger charge is 2.12. The van der Waals surface area contributed by atoms with Crippen LogP contribution in [-0.2, 0) is 0 Å². The first-order chi connectivity index (χ1) is 7.31. The molecule has 2 rings (SSSR count). The molecule has 0 radical (unpaired) electrons. The fourth-order valence-electron chi connectivity index (χ4n) is 1.18. The molecule has 1 amide bonds. The second-order valence-electron chi connectivity index (χ2n) is 2.88. The van der Waals surface area contributed by atoms with E-state index >= 15 is 0 Å². The molecule has 0 unspecified atom stereocenters. The van der Waals surface area contributed by atoms with Crippen molar-refractivity contribution < 1.29 is 14.5 Å². The summed E-state index contributed by atoms with van der Waals surface area (Å²) in [6, 6.07) is 10.7. The lowest BCUT2D eigenvalue weighted by Crippen LogP contribution is -2.18. The number of hydrogen-bond donors (Lipinski definition) is 2. The molecule has 2 aromatic rings. The van der Waals surface area contributed by atoms with Crippen molar-refractivity contribution in [3.8, 4) is 11.3 Å². The Kier molecular flexibility index (Phi) is 2.47. The Labute approximate surface area is 85.3 Å². The minimum atomic E-state index is -0.694. The van der Waals surface area contributed by atoms with Gasteiger partial charge in [0.1, 0.15) is 0 Å². The van der Waals surface area contributed by atoms with Gasteiger partial charge in [-0.3, -0.25) is 10.0 Å². The van der Waals surface area contributed by atoms with Crippen LogP contribution >= 0.6 is 0 Å². The number of rotatable bonds is 2. The van der Waals surface area contributed by atoms with Gasteiger partial charge in [0.2, 0.25) is 0 Å². The second kappa shape index (κ2) is 3.93. The first kappa shape index (κ1) is 9.42. The van der Waals surface area contributed by atoms with Gasteiger partial charge in [0.05, 0.1) is 0 Å². The van der Waals surface area contributed by atoms with Gasteiger partial charge < -0.3 is 4.52 Å². The zero-order valence-electron chi connectivity index (χ0n) is 7.68. The molecule has 5 heteroatoms. The van der Waals surface area contributed by atoms with Crippen molar-refractivity contribution in [3.63, 3.8) is 0 Å². The van der Waals surface area contributed by atoms with Gasteiger partial charge in [-0.25, -0.2) is 5.48 Å². The number of amides is 1. The fourth-order valence-corrected chi connectivity index (χ4v) is 1.18. The van der Waals surface area contributed by atoms with Crippen LogP contribution in [0.25, 0.3) is 11.3 Å². The molecule has 0 saturated heterocycles. The van der Waals surface area contributed by atoms with E-state index in [9.17, 15) is 4.79 Å². The summed E-state index contributed by atoms with van der Waals surface area (Å²) in [7, 11) is 0. The molecule has 0 fully saturated rings. The van der Waals surface area contributed by atoms with Crippen molar-refractivity contribution >= 4 is 5.91 Å². The average molecular weight is 204 g/mol. The third kappa shape index (κ3) is 1.87. The summed E-state index contributed by atoms with van der Waals surface area (Å²) in [5, 5.41) is 11.9. The lowest BCUT2D eigenvalue weighted by Gasteiger charge is -1.91. The Morgan fingerprint density at radius 3 is 2.73 bits per heavy atom. The minimum absolute atomic E-state index is 0.0383. The van der Waals surface area contributed by atoms with E-state index in [1.807, 2.05) is 30.3 Å². The molecule has 0 aliphatic heterocycles. The predicted octanol–water partition coefficient (Wildman–Crippen LogP) is 1.46. The lowest BCUT2D eigenvalue weighted by molar-refractivity contribution is 0.0696. The average Bonchev–Trinajstić information content (AvgIpc) is 2.78. The summed E-state index contributed by atoms with van der Waals surface area (Å²) in [6.07, 6.45) is 0. The first-order valence-corrected chi connectivity index (χ1v) is 4.28. The summed E-state index contributed by atoms with van der Waals surface area (Å²) in [5.74, 6) is -0.213. The Hall–Kier alpha value is -2.14. The number of carbonyl (C=O) groups excluding carboxylic acids is 1. The van der Waals surface area contributed by atoms with E-state index in [1.54, 1.807) is 0 Å². The molecule has 5 nitrogen and oxygen atoms in total. The van der Waals surface area contributed by atoms with Gasteiger partial charge in [0, 0.05) is 11.6 Å². The number of carbonyl (C=O) groups is 1. The van der Waals surface area contributed by atoms with Gasteiger partial charge in [-0.2, -0.15) is 0 Å². The van der Waals surface area contributed by atoms with Crippen molar-refractivity contribution in [1.29, 1.82) is 0 Å². The highest BCUT2D eigenvalue weighted by Crippen LogP contribution is 2.19. The molecule has 1 heterocycles. The van der Waals surface area contributed by atoms with Crippen molar-refractivity contribution in [2.75, 3.05) is 0 Å². The quantitative estimate of drug-likeness (QED) is 0.573. The highest BCUT2D eigenvalue weighted by molar-refractivity contribution is 5.92. The molecule has 0 aliphatic rings. The zero-order chi connectivity index (χ0) is 10.7. The van der Waals surface area contributed by atoms with E-state index < -0.39 is 5.91 Å². The van der Waals surface area contributed by atoms with Crippen LogP contribution in [0.15, 0.2) is 40.9 Å². The van der Waals surface area contributed by atoms with Crippen molar-refractivity contribution in [2.45, 2.75) is 0 Å². The molecular formula is C10H8N2O3. The van der Waals surface area contributed by atoms with Crippen LogP contribution in [0.3, 0.4) is 0 Å². The Morgan fingerprint density at radius 2 is 2.07 bits per heavy atom. The maximum absolute atomic E-state index is 11.0. The summed E-state index contributed by atoms with van der Waals surface area (Å²) < 4.78 is 4.95. The van der Waals surface area contributed by atoms with Gasteiger partial charge in [-0.05, 0) is 0 Å². The molecule has 0 saturated carbocycles. The Morgan fingerprint density at radius 1 is 1.33 bits per heavy atom. The third-order valence-corrected chi connectivity index (χ3v) is 1.90. The SMILES string of the molecule is O=C(NO)c1cc(-c2ccccc2)on1. The zero-order valence-corrected chi connectivity index (χ0v) is 7.68. The van der Waals surface area contributed by atoms with E-state index in [0.717, 1.165) is 5.56 Å². The number of hydrogen-bond acceptors (Lipinski definition) is 4. The van der Waals surface area contributed by atoms with Gasteiger partial charge in [0.25, 0.3) is 5.91 Å². The van der Waals surface area contributed by atoms with Crippen molar-refractivity contribution in [1.82, 2.24) is 10.6 Å². The highest BCUT2D eigenvalue weighted by atomic mass is 16.5. The summed E-state index contributed by atoms with van der Waals surface area (Å²) in [6.45, 7) is 0. The fraction of sp³-hybridized carbons (Fsp3) is 0. The number of aromatic nitrogens is 1. The Balaban J connectivity index is 2.32. The molecular weight excluding hydrogens is 196 g/mol. The standard InChI is InChI=1S/C10H8N2O3/c13-10(11-14)8-6-9(15-12-8)7-4-2-1-3-5-7/h1-6,14H,(H,11,13). The van der Waals surface area contributed by atoms with E-state index in [0.29, 0.717) is 5.76 Å². The molecule has 15 heavy (non-hydrogen) atoms. The predicted molar refractivity (Wildman–Crippen MR) is 51.2 cm³/mol. The third-order valence-electron chi connectivity index (χ3n) is 1.90. The van der Waals surface area contributed by atoms with E-state index in [2.05, 4.69) is 5.16 Å². The molecule has 1 aromatic heterocycles. The molecule has 0 bridgehead atoms. The van der Waals surface area contributed by atoms with Crippen LogP contribution in [0.1, 0.15) is 10.5 Å². The number of nitrogens with one attached hydrogen (secondary N) is 1. The molecule has 0 atom stereocenters. The van der Waals surface area contributed by atoms with Crippen molar-refractivity contribution in [2.24, 2.45) is 0 Å². The van der Waals surface area contributed by atoms with Crippen LogP contribution in [0.2, 0.25) is 0 Å². The molecule has 0 spiro atoms.